The second-order valence-electron chi connectivity index (χ2n) is 3.70. The van der Waals surface area contributed by atoms with Crippen LogP contribution in [0.4, 0.5) is 0 Å². The molecule has 90 valence electrons. The zero-order chi connectivity index (χ0) is 12.2. The number of hydrogen-bond acceptors (Lipinski definition) is 4. The third-order valence-corrected chi connectivity index (χ3v) is 3.18. The van der Waals surface area contributed by atoms with Gasteiger partial charge in [-0.05, 0) is 31.5 Å². The highest BCUT2D eigenvalue weighted by Gasteiger charge is 2.14. The maximum absolute atomic E-state index is 11.5. The molecule has 0 aromatic heterocycles. The van der Waals surface area contributed by atoms with Crippen molar-refractivity contribution in [2.75, 3.05) is 7.11 Å². The van der Waals surface area contributed by atoms with Crippen molar-refractivity contribution in [1.82, 2.24) is 0 Å². The van der Waals surface area contributed by atoms with Crippen LogP contribution in [0, 0.1) is 0 Å². The van der Waals surface area contributed by atoms with Crippen molar-refractivity contribution < 1.29 is 17.3 Å². The van der Waals surface area contributed by atoms with Gasteiger partial charge in [-0.15, -0.1) is 0 Å². The fourth-order valence-electron chi connectivity index (χ4n) is 1.29. The molecule has 0 atom stereocenters. The monoisotopic (exact) mass is 244 g/mol. The van der Waals surface area contributed by atoms with Crippen LogP contribution in [0.5, 0.6) is 5.75 Å². The number of benzene rings is 1. The molecule has 0 aliphatic heterocycles. The van der Waals surface area contributed by atoms with E-state index >= 15 is 0 Å². The smallest absolute Gasteiger partial charge is 0.271 e. The molecule has 5 heteroatoms. The third kappa shape index (κ3) is 4.20. The summed E-state index contributed by atoms with van der Waals surface area (Å²) in [6.07, 6.45) is -0.337. The van der Waals surface area contributed by atoms with Gasteiger partial charge in [0, 0.05) is 0 Å². The Morgan fingerprint density at radius 3 is 2.56 bits per heavy atom. The molecule has 0 saturated carbocycles. The first-order valence-corrected chi connectivity index (χ1v) is 6.54. The quantitative estimate of drug-likeness (QED) is 0.743. The molecule has 0 N–H and O–H groups in total. The maximum atomic E-state index is 11.5. The van der Waals surface area contributed by atoms with Gasteiger partial charge in [0.25, 0.3) is 10.1 Å². The Kier molecular flexibility index (Phi) is 4.32. The highest BCUT2D eigenvalue weighted by molar-refractivity contribution is 7.85. The summed E-state index contributed by atoms with van der Waals surface area (Å²) in [5.41, 5.74) is 0.653. The van der Waals surface area contributed by atoms with Gasteiger partial charge < -0.3 is 4.74 Å². The van der Waals surface area contributed by atoms with Gasteiger partial charge in [0.1, 0.15) is 11.5 Å². The molecule has 0 aliphatic rings. The summed E-state index contributed by atoms with van der Waals surface area (Å²) in [6, 6.07) is 6.92. The van der Waals surface area contributed by atoms with E-state index < -0.39 is 10.1 Å². The highest BCUT2D eigenvalue weighted by Crippen LogP contribution is 2.16. The minimum absolute atomic E-state index is 0.137. The summed E-state index contributed by atoms with van der Waals surface area (Å²) in [5.74, 6) is 0.500. The van der Waals surface area contributed by atoms with Crippen LogP contribution in [0.3, 0.4) is 0 Å². The van der Waals surface area contributed by atoms with Crippen LogP contribution in [0.2, 0.25) is 0 Å². The largest absolute Gasteiger partial charge is 0.497 e. The molecule has 16 heavy (non-hydrogen) atoms. The number of hydrogen-bond donors (Lipinski definition) is 0. The average Bonchev–Trinajstić information content (AvgIpc) is 2.15. The van der Waals surface area contributed by atoms with Gasteiger partial charge in [-0.25, -0.2) is 0 Å². The fraction of sp³-hybridized carbons (Fsp3) is 0.455. The van der Waals surface area contributed by atoms with Gasteiger partial charge in [-0.2, -0.15) is 8.42 Å². The van der Waals surface area contributed by atoms with Crippen molar-refractivity contribution in [1.29, 1.82) is 0 Å². The first-order chi connectivity index (χ1) is 7.43. The topological polar surface area (TPSA) is 52.6 Å². The van der Waals surface area contributed by atoms with Gasteiger partial charge in [0.2, 0.25) is 0 Å². The van der Waals surface area contributed by atoms with Crippen molar-refractivity contribution in [3.63, 3.8) is 0 Å². The summed E-state index contributed by atoms with van der Waals surface area (Å²) < 4.78 is 33.0. The van der Waals surface area contributed by atoms with E-state index in [2.05, 4.69) is 0 Å². The molecule has 0 fully saturated rings. The highest BCUT2D eigenvalue weighted by atomic mass is 32.2. The lowest BCUT2D eigenvalue weighted by molar-refractivity contribution is 0.248. The molecular weight excluding hydrogens is 228 g/mol. The molecule has 0 bridgehead atoms. The van der Waals surface area contributed by atoms with Crippen LogP contribution in [-0.2, 0) is 20.1 Å². The zero-order valence-electron chi connectivity index (χ0n) is 9.64. The van der Waals surface area contributed by atoms with Gasteiger partial charge >= 0.3 is 0 Å². The first kappa shape index (κ1) is 13.0. The summed E-state index contributed by atoms with van der Waals surface area (Å²) in [6.45, 7) is 3.37. The molecule has 1 rings (SSSR count). The molecule has 0 heterocycles. The first-order valence-electron chi connectivity index (χ1n) is 4.97. The Morgan fingerprint density at radius 1 is 1.31 bits per heavy atom. The van der Waals surface area contributed by atoms with Crippen LogP contribution in [0.15, 0.2) is 24.3 Å². The Labute approximate surface area is 96.3 Å². The van der Waals surface area contributed by atoms with E-state index in [1.807, 2.05) is 0 Å². The van der Waals surface area contributed by atoms with Crippen molar-refractivity contribution in [2.45, 2.75) is 25.7 Å². The normalized spacial score (nSPS) is 11.8. The molecule has 0 aliphatic carbocycles. The second kappa shape index (κ2) is 5.32. The number of methoxy groups -OCH3 is 1. The summed E-state index contributed by atoms with van der Waals surface area (Å²) in [7, 11) is -1.97. The van der Waals surface area contributed by atoms with E-state index in [9.17, 15) is 8.42 Å². The third-order valence-electron chi connectivity index (χ3n) is 1.82. The van der Waals surface area contributed by atoms with E-state index in [-0.39, 0.29) is 11.9 Å². The lowest BCUT2D eigenvalue weighted by atomic mass is 10.2. The van der Waals surface area contributed by atoms with Crippen molar-refractivity contribution in [3.8, 4) is 5.75 Å². The van der Waals surface area contributed by atoms with E-state index in [0.717, 1.165) is 0 Å². The lowest BCUT2D eigenvalue weighted by Crippen LogP contribution is -2.14. The molecule has 0 amide bonds. The second-order valence-corrected chi connectivity index (χ2v) is 5.30. The predicted octanol–water partition coefficient (Wildman–Crippen LogP) is 1.95. The van der Waals surface area contributed by atoms with Gasteiger partial charge in [0.05, 0.1) is 13.2 Å². The maximum Gasteiger partial charge on any atom is 0.271 e. The number of ether oxygens (including phenoxy) is 1. The summed E-state index contributed by atoms with van der Waals surface area (Å²) >= 11 is 0. The van der Waals surface area contributed by atoms with E-state index in [1.165, 1.54) is 7.11 Å². The molecular formula is C11H16O4S. The Morgan fingerprint density at radius 2 is 2.00 bits per heavy atom. The van der Waals surface area contributed by atoms with Crippen LogP contribution in [0.25, 0.3) is 0 Å². The minimum Gasteiger partial charge on any atom is -0.497 e. The SMILES string of the molecule is COc1cccc(CS(=O)(=O)OC(C)C)c1. The van der Waals surface area contributed by atoms with Gasteiger partial charge in [-0.3, -0.25) is 4.18 Å². The standard InChI is InChI=1S/C11H16O4S/c1-9(2)15-16(12,13)8-10-5-4-6-11(7-10)14-3/h4-7,9H,8H2,1-3H3. The minimum atomic E-state index is -3.51. The lowest BCUT2D eigenvalue weighted by Gasteiger charge is -2.09. The van der Waals surface area contributed by atoms with Crippen molar-refractivity contribution in [3.05, 3.63) is 29.8 Å². The van der Waals surface area contributed by atoms with Crippen molar-refractivity contribution >= 4 is 10.1 Å². The van der Waals surface area contributed by atoms with Crippen LogP contribution in [-0.4, -0.2) is 21.6 Å². The molecule has 1 aromatic rings. The van der Waals surface area contributed by atoms with Crippen LogP contribution < -0.4 is 4.74 Å². The molecule has 1 aromatic carbocycles. The molecule has 0 radical (unpaired) electrons. The molecule has 4 nitrogen and oxygen atoms in total. The zero-order valence-corrected chi connectivity index (χ0v) is 10.5. The average molecular weight is 244 g/mol. The Balaban J connectivity index is 2.80. The van der Waals surface area contributed by atoms with Crippen LogP contribution >= 0.6 is 0 Å². The van der Waals surface area contributed by atoms with Gasteiger partial charge in [-0.1, -0.05) is 12.1 Å². The Hall–Kier alpha value is -1.07. The van der Waals surface area contributed by atoms with E-state index in [0.29, 0.717) is 11.3 Å². The van der Waals surface area contributed by atoms with Crippen molar-refractivity contribution in [2.24, 2.45) is 0 Å². The molecule has 0 saturated heterocycles. The number of rotatable bonds is 5. The summed E-state index contributed by atoms with van der Waals surface area (Å²) in [5, 5.41) is 0. The molecule has 0 spiro atoms. The predicted molar refractivity (Wildman–Crippen MR) is 61.8 cm³/mol. The van der Waals surface area contributed by atoms with Gasteiger partial charge in [0.15, 0.2) is 0 Å². The summed E-state index contributed by atoms with van der Waals surface area (Å²) in [4.78, 5) is 0. The van der Waals surface area contributed by atoms with E-state index in [1.54, 1.807) is 38.1 Å². The molecule has 0 unspecified atom stereocenters. The Bertz CT molecular complexity index is 437. The fourth-order valence-corrected chi connectivity index (χ4v) is 2.54. The van der Waals surface area contributed by atoms with Crippen LogP contribution in [0.1, 0.15) is 19.4 Å². The van der Waals surface area contributed by atoms with E-state index in [4.69, 9.17) is 8.92 Å².